The lowest BCUT2D eigenvalue weighted by molar-refractivity contribution is 0.0699. The Morgan fingerprint density at radius 2 is 1.78 bits per heavy atom. The number of nitrogens with one attached hydrogen (secondary N) is 1. The molecule has 8 nitrogen and oxygen atoms in total. The average molecular weight is 505 g/mol. The van der Waals surface area contributed by atoms with Gasteiger partial charge in [-0.1, -0.05) is 24.3 Å². The van der Waals surface area contributed by atoms with Gasteiger partial charge >= 0.3 is 5.97 Å². The first-order chi connectivity index (χ1) is 17.8. The molecule has 0 saturated heterocycles. The van der Waals surface area contributed by atoms with Crippen molar-refractivity contribution in [3.05, 3.63) is 101 Å². The van der Waals surface area contributed by atoms with Gasteiger partial charge in [0.1, 0.15) is 29.6 Å². The van der Waals surface area contributed by atoms with E-state index < -0.39 is 23.7 Å². The number of amides is 1. The number of phenols is 1. The number of carbonyl (C=O) groups is 2. The van der Waals surface area contributed by atoms with Crippen LogP contribution in [0.15, 0.2) is 72.8 Å². The molecule has 190 valence electrons. The number of hydrogen-bond donors (Lipinski definition) is 3. The van der Waals surface area contributed by atoms with Crippen molar-refractivity contribution in [3.63, 3.8) is 0 Å². The number of carboxylic acids is 1. The first kappa shape index (κ1) is 25.6. The van der Waals surface area contributed by atoms with Crippen molar-refractivity contribution in [1.29, 1.82) is 0 Å². The number of phenolic OH excluding ortho intramolecular Hbond substituents is 1. The molecule has 0 bridgehead atoms. The summed E-state index contributed by atoms with van der Waals surface area (Å²) in [5, 5.41) is 22.5. The number of ether oxygens (including phenoxy) is 2. The van der Waals surface area contributed by atoms with Crippen LogP contribution in [0.3, 0.4) is 0 Å². The highest BCUT2D eigenvalue weighted by molar-refractivity contribution is 6.06. The zero-order valence-corrected chi connectivity index (χ0v) is 20.0. The molecule has 1 aromatic heterocycles. The van der Waals surface area contributed by atoms with Gasteiger partial charge < -0.3 is 25.0 Å². The van der Waals surface area contributed by atoms with E-state index in [0.717, 1.165) is 5.56 Å². The zero-order chi connectivity index (χ0) is 26.4. The first-order valence-electron chi connectivity index (χ1n) is 11.5. The van der Waals surface area contributed by atoms with Crippen LogP contribution in [0.2, 0.25) is 0 Å². The fourth-order valence-electron chi connectivity index (χ4n) is 3.91. The summed E-state index contributed by atoms with van der Waals surface area (Å²) in [6, 6.07) is 18.1. The monoisotopic (exact) mass is 504 g/mol. The van der Waals surface area contributed by atoms with Crippen LogP contribution in [0, 0.1) is 5.82 Å². The molecule has 4 aromatic rings. The minimum absolute atomic E-state index is 0.0412. The van der Waals surface area contributed by atoms with E-state index in [1.807, 2.05) is 0 Å². The lowest BCUT2D eigenvalue weighted by Gasteiger charge is -2.18. The van der Waals surface area contributed by atoms with Crippen LogP contribution in [0.1, 0.15) is 32.0 Å². The summed E-state index contributed by atoms with van der Waals surface area (Å²) >= 11 is 0. The maximum Gasteiger partial charge on any atom is 0.336 e. The van der Waals surface area contributed by atoms with Crippen molar-refractivity contribution >= 4 is 22.8 Å². The molecular formula is C28H25FN2O6. The van der Waals surface area contributed by atoms with Gasteiger partial charge in [-0.25, -0.2) is 14.2 Å². The summed E-state index contributed by atoms with van der Waals surface area (Å²) in [5.74, 6) is -1.68. The third-order valence-electron chi connectivity index (χ3n) is 5.66. The fraction of sp³-hybridized carbons (Fsp3) is 0.179. The molecule has 0 radical (unpaired) electrons. The van der Waals surface area contributed by atoms with E-state index in [9.17, 15) is 24.2 Å². The van der Waals surface area contributed by atoms with Gasteiger partial charge in [0.25, 0.3) is 5.91 Å². The summed E-state index contributed by atoms with van der Waals surface area (Å²) in [6.07, 6.45) is 0.438. The molecule has 0 spiro atoms. The van der Waals surface area contributed by atoms with Crippen LogP contribution in [-0.4, -0.2) is 46.8 Å². The molecule has 0 unspecified atom stereocenters. The Kier molecular flexibility index (Phi) is 7.95. The second-order valence-corrected chi connectivity index (χ2v) is 8.45. The predicted molar refractivity (Wildman–Crippen MR) is 134 cm³/mol. The predicted octanol–water partition coefficient (Wildman–Crippen LogP) is 4.34. The summed E-state index contributed by atoms with van der Waals surface area (Å²) in [4.78, 5) is 29.5. The van der Waals surface area contributed by atoms with Crippen molar-refractivity contribution in [2.45, 2.75) is 19.1 Å². The van der Waals surface area contributed by atoms with Crippen molar-refractivity contribution in [2.24, 2.45) is 0 Å². The van der Waals surface area contributed by atoms with Gasteiger partial charge in [0.2, 0.25) is 0 Å². The number of aromatic carboxylic acids is 1. The number of fused-ring (bicyclic) bond motifs is 1. The number of nitrogens with zero attached hydrogens (tertiary/aromatic N) is 1. The normalized spacial score (nSPS) is 11.7. The van der Waals surface area contributed by atoms with Gasteiger partial charge in [-0.15, -0.1) is 0 Å². The number of carbonyl (C=O) groups excluding carboxylic acids is 1. The van der Waals surface area contributed by atoms with Crippen LogP contribution in [-0.2, 0) is 17.8 Å². The van der Waals surface area contributed by atoms with E-state index in [0.29, 0.717) is 28.6 Å². The Labute approximate surface area is 212 Å². The molecule has 0 aliphatic rings. The Balaban J connectivity index is 1.55. The standard InChI is InChI=1S/C28H25FN2O6/c1-36-16-20(11-17-5-8-21(32)9-6-17)30-27(33)26-14-24(28(34)35)23-12-18(7-10-25(23)31-26)15-37-22-4-2-3-19(29)13-22/h2-10,12-14,20,32H,11,15-16H2,1H3,(H,30,33)(H,34,35)/t20-/m0/s1. The Morgan fingerprint density at radius 3 is 2.49 bits per heavy atom. The van der Waals surface area contributed by atoms with Gasteiger partial charge in [-0.05, 0) is 60.0 Å². The Bertz CT molecular complexity index is 1420. The van der Waals surface area contributed by atoms with E-state index in [-0.39, 0.29) is 30.2 Å². The van der Waals surface area contributed by atoms with E-state index in [1.54, 1.807) is 48.5 Å². The third kappa shape index (κ3) is 6.59. The van der Waals surface area contributed by atoms with Crippen LogP contribution in [0.4, 0.5) is 4.39 Å². The minimum Gasteiger partial charge on any atom is -0.508 e. The summed E-state index contributed by atoms with van der Waals surface area (Å²) in [7, 11) is 1.52. The van der Waals surface area contributed by atoms with Gasteiger partial charge in [-0.3, -0.25) is 4.79 Å². The number of halogens is 1. The van der Waals surface area contributed by atoms with Crippen molar-refractivity contribution in [1.82, 2.24) is 10.3 Å². The summed E-state index contributed by atoms with van der Waals surface area (Å²) in [6.45, 7) is 0.317. The van der Waals surface area contributed by atoms with E-state index in [4.69, 9.17) is 9.47 Å². The highest BCUT2D eigenvalue weighted by atomic mass is 19.1. The third-order valence-corrected chi connectivity index (χ3v) is 5.66. The maximum absolute atomic E-state index is 13.4. The molecule has 1 heterocycles. The molecule has 0 aliphatic carbocycles. The summed E-state index contributed by atoms with van der Waals surface area (Å²) < 4.78 is 24.2. The number of aromatic hydroxyl groups is 1. The number of benzene rings is 3. The number of rotatable bonds is 10. The van der Waals surface area contributed by atoms with Gasteiger partial charge in [0.15, 0.2) is 0 Å². The number of carboxylic acid groups (broad SMARTS) is 1. The molecule has 3 aromatic carbocycles. The van der Waals surface area contributed by atoms with E-state index in [2.05, 4.69) is 10.3 Å². The maximum atomic E-state index is 13.4. The molecule has 0 fully saturated rings. The molecular weight excluding hydrogens is 479 g/mol. The molecule has 1 atom stereocenters. The molecule has 9 heteroatoms. The highest BCUT2D eigenvalue weighted by Crippen LogP contribution is 2.22. The van der Waals surface area contributed by atoms with Crippen LogP contribution >= 0.6 is 0 Å². The van der Waals surface area contributed by atoms with Gasteiger partial charge in [0, 0.05) is 18.6 Å². The quantitative estimate of drug-likeness (QED) is 0.294. The zero-order valence-electron chi connectivity index (χ0n) is 20.0. The molecule has 37 heavy (non-hydrogen) atoms. The average Bonchev–Trinajstić information content (AvgIpc) is 2.88. The lowest BCUT2D eigenvalue weighted by Crippen LogP contribution is -2.40. The summed E-state index contributed by atoms with van der Waals surface area (Å²) in [5.41, 5.74) is 1.75. The molecule has 3 N–H and O–H groups in total. The Morgan fingerprint density at radius 1 is 1.03 bits per heavy atom. The van der Waals surface area contributed by atoms with E-state index in [1.165, 1.54) is 31.4 Å². The molecule has 0 saturated carbocycles. The number of aromatic nitrogens is 1. The van der Waals surface area contributed by atoms with Crippen molar-refractivity contribution < 1.29 is 33.7 Å². The van der Waals surface area contributed by atoms with Crippen LogP contribution in [0.5, 0.6) is 11.5 Å². The second-order valence-electron chi connectivity index (χ2n) is 8.45. The molecule has 4 rings (SSSR count). The number of hydrogen-bond acceptors (Lipinski definition) is 6. The van der Waals surface area contributed by atoms with Gasteiger partial charge in [0.05, 0.1) is 23.7 Å². The topological polar surface area (TPSA) is 118 Å². The number of pyridine rings is 1. The van der Waals surface area contributed by atoms with Crippen LogP contribution in [0.25, 0.3) is 10.9 Å². The van der Waals surface area contributed by atoms with Gasteiger partial charge in [-0.2, -0.15) is 0 Å². The van der Waals surface area contributed by atoms with E-state index >= 15 is 0 Å². The molecule has 1 amide bonds. The van der Waals surface area contributed by atoms with Crippen molar-refractivity contribution in [2.75, 3.05) is 13.7 Å². The Hall–Kier alpha value is -4.50. The SMILES string of the molecule is COC[C@H](Cc1ccc(O)cc1)NC(=O)c1cc(C(=O)O)c2cc(COc3cccc(F)c3)ccc2n1. The minimum atomic E-state index is -1.21. The second kappa shape index (κ2) is 11.5. The number of methoxy groups -OCH3 is 1. The van der Waals surface area contributed by atoms with Crippen molar-refractivity contribution in [3.8, 4) is 11.5 Å². The highest BCUT2D eigenvalue weighted by Gasteiger charge is 2.20. The smallest absolute Gasteiger partial charge is 0.336 e. The largest absolute Gasteiger partial charge is 0.508 e. The lowest BCUT2D eigenvalue weighted by atomic mass is 10.0. The fourth-order valence-corrected chi connectivity index (χ4v) is 3.91. The van der Waals surface area contributed by atoms with Crippen LogP contribution < -0.4 is 10.1 Å². The molecule has 0 aliphatic heterocycles. The first-order valence-corrected chi connectivity index (χ1v) is 11.5.